The molecule has 0 bridgehead atoms. The molecule has 6 N–H and O–H groups in total. The number of imide groups is 1. The number of rotatable bonds is 8. The molecule has 7 rings (SSSR count). The second-order valence-electron chi connectivity index (χ2n) is 14.3. The predicted molar refractivity (Wildman–Crippen MR) is 191 cm³/mol. The maximum Gasteiger partial charge on any atom is 0.267 e. The van der Waals surface area contributed by atoms with Gasteiger partial charge < -0.3 is 31.0 Å². The zero-order valence-corrected chi connectivity index (χ0v) is 28.3. The van der Waals surface area contributed by atoms with Crippen molar-refractivity contribution in [3.05, 3.63) is 65.8 Å². The van der Waals surface area contributed by atoms with E-state index < -0.39 is 0 Å². The Morgan fingerprint density at radius 3 is 2.45 bits per heavy atom. The standard InChI is InChI=1S/C38H49N7O4/c39-32(38(48)41-27-4-2-1-3-5-27)10-12-34(40)45-16-14-25(15-17-45)23-43-18-20-44(21-19-43)28-7-8-29-26(22-28)6-11-33-36(29)31(24-49-33)30-9-13-35(46)42-37(30)47/h6-8,10-12,22,24-25,27,30H,1-5,9,13-21,23,39-40H2,(H,41,48)(H,42,46,47)/b32-10-,34-12+. The first-order valence-corrected chi connectivity index (χ1v) is 18.1. The summed E-state index contributed by atoms with van der Waals surface area (Å²) in [4.78, 5) is 44.1. The third-order valence-electron chi connectivity index (χ3n) is 11.1. The molecule has 1 aromatic heterocycles. The van der Waals surface area contributed by atoms with Crippen molar-refractivity contribution in [3.8, 4) is 0 Å². The first kappa shape index (κ1) is 33.0. The maximum atomic E-state index is 12.6. The highest BCUT2D eigenvalue weighted by Gasteiger charge is 2.31. The lowest BCUT2D eigenvalue weighted by atomic mass is 9.89. The maximum absolute atomic E-state index is 12.6. The van der Waals surface area contributed by atoms with Gasteiger partial charge in [-0.3, -0.25) is 24.6 Å². The van der Waals surface area contributed by atoms with Crippen molar-refractivity contribution in [2.45, 2.75) is 69.7 Å². The molecular weight excluding hydrogens is 618 g/mol. The van der Waals surface area contributed by atoms with Gasteiger partial charge in [-0.15, -0.1) is 0 Å². The minimum atomic E-state index is -0.384. The van der Waals surface area contributed by atoms with Crippen LogP contribution in [0.5, 0.6) is 0 Å². The zero-order valence-electron chi connectivity index (χ0n) is 28.3. The molecule has 3 aliphatic heterocycles. The highest BCUT2D eigenvalue weighted by molar-refractivity contribution is 6.11. The van der Waals surface area contributed by atoms with Crippen LogP contribution in [-0.2, 0) is 14.4 Å². The van der Waals surface area contributed by atoms with Crippen LogP contribution in [0.4, 0.5) is 5.69 Å². The number of nitrogens with one attached hydrogen (secondary N) is 2. The fourth-order valence-electron chi connectivity index (χ4n) is 8.12. The molecule has 4 fully saturated rings. The fourth-order valence-corrected chi connectivity index (χ4v) is 8.12. The number of nitrogens with two attached hydrogens (primary N) is 2. The molecule has 260 valence electrons. The Hall–Kier alpha value is -4.51. The van der Waals surface area contributed by atoms with Gasteiger partial charge in [0.2, 0.25) is 11.8 Å². The number of piperidine rings is 2. The smallest absolute Gasteiger partial charge is 0.267 e. The van der Waals surface area contributed by atoms with Gasteiger partial charge in [0.05, 0.1) is 23.7 Å². The van der Waals surface area contributed by atoms with E-state index in [0.717, 1.165) is 112 Å². The molecule has 2 aromatic carbocycles. The Morgan fingerprint density at radius 1 is 0.918 bits per heavy atom. The highest BCUT2D eigenvalue weighted by atomic mass is 16.3. The van der Waals surface area contributed by atoms with Crippen LogP contribution < -0.4 is 27.0 Å². The van der Waals surface area contributed by atoms with Gasteiger partial charge >= 0.3 is 0 Å². The molecule has 1 unspecified atom stereocenters. The lowest BCUT2D eigenvalue weighted by molar-refractivity contribution is -0.134. The van der Waals surface area contributed by atoms with Crippen LogP contribution in [0.1, 0.15) is 69.3 Å². The van der Waals surface area contributed by atoms with Crippen LogP contribution in [0, 0.1) is 5.92 Å². The van der Waals surface area contributed by atoms with Crippen molar-refractivity contribution in [1.29, 1.82) is 0 Å². The van der Waals surface area contributed by atoms with Crippen molar-refractivity contribution in [1.82, 2.24) is 20.4 Å². The second kappa shape index (κ2) is 14.5. The van der Waals surface area contributed by atoms with Crippen LogP contribution in [0.25, 0.3) is 21.7 Å². The normalized spacial score (nSPS) is 22.6. The number of allylic oxidation sites excluding steroid dienone is 2. The van der Waals surface area contributed by atoms with E-state index in [1.165, 1.54) is 12.1 Å². The molecule has 11 nitrogen and oxygen atoms in total. The van der Waals surface area contributed by atoms with Crippen molar-refractivity contribution in [3.63, 3.8) is 0 Å². The largest absolute Gasteiger partial charge is 0.464 e. The van der Waals surface area contributed by atoms with Gasteiger partial charge in [-0.2, -0.15) is 0 Å². The van der Waals surface area contributed by atoms with E-state index in [0.29, 0.717) is 24.6 Å². The number of piperazine rings is 1. The summed E-state index contributed by atoms with van der Waals surface area (Å²) >= 11 is 0. The van der Waals surface area contributed by atoms with E-state index in [1.807, 2.05) is 6.07 Å². The summed E-state index contributed by atoms with van der Waals surface area (Å²) in [7, 11) is 0. The van der Waals surface area contributed by atoms with Crippen molar-refractivity contribution in [2.24, 2.45) is 17.4 Å². The number of anilines is 1. The second-order valence-corrected chi connectivity index (χ2v) is 14.3. The Morgan fingerprint density at radius 2 is 1.69 bits per heavy atom. The van der Waals surface area contributed by atoms with Crippen LogP contribution in [0.2, 0.25) is 0 Å². The van der Waals surface area contributed by atoms with E-state index in [9.17, 15) is 14.4 Å². The van der Waals surface area contributed by atoms with Crippen LogP contribution in [0.15, 0.2) is 64.7 Å². The van der Waals surface area contributed by atoms with Crippen molar-refractivity contribution < 1.29 is 18.8 Å². The fraction of sp³-hybridized carbons (Fsp3) is 0.500. The van der Waals surface area contributed by atoms with Crippen LogP contribution >= 0.6 is 0 Å². The number of hydrogen-bond donors (Lipinski definition) is 4. The van der Waals surface area contributed by atoms with Gasteiger partial charge in [0, 0.05) is 74.9 Å². The van der Waals surface area contributed by atoms with Gasteiger partial charge in [0.25, 0.3) is 5.91 Å². The first-order valence-electron chi connectivity index (χ1n) is 18.1. The van der Waals surface area contributed by atoms with E-state index in [1.54, 1.807) is 18.4 Å². The molecule has 3 aromatic rings. The van der Waals surface area contributed by atoms with Crippen LogP contribution in [0.3, 0.4) is 0 Å². The minimum Gasteiger partial charge on any atom is -0.464 e. The minimum absolute atomic E-state index is 0.202. The van der Waals surface area contributed by atoms with Crippen LogP contribution in [-0.4, -0.2) is 79.4 Å². The average molecular weight is 668 g/mol. The lowest BCUT2D eigenvalue weighted by Crippen LogP contribution is -2.49. The summed E-state index contributed by atoms with van der Waals surface area (Å²) in [5.41, 5.74) is 15.5. The molecular formula is C38H49N7O4. The third-order valence-corrected chi connectivity index (χ3v) is 11.1. The quantitative estimate of drug-likeness (QED) is 0.159. The van der Waals surface area contributed by atoms with E-state index >= 15 is 0 Å². The molecule has 1 saturated carbocycles. The summed E-state index contributed by atoms with van der Waals surface area (Å²) in [6, 6.07) is 10.9. The van der Waals surface area contributed by atoms with E-state index in [4.69, 9.17) is 15.9 Å². The molecule has 1 aliphatic carbocycles. The van der Waals surface area contributed by atoms with Gasteiger partial charge in [-0.05, 0) is 79.1 Å². The number of fused-ring (bicyclic) bond motifs is 3. The molecule has 11 heteroatoms. The molecule has 0 radical (unpaired) electrons. The molecule has 3 saturated heterocycles. The van der Waals surface area contributed by atoms with Gasteiger partial charge in [0.15, 0.2) is 0 Å². The molecule has 0 spiro atoms. The Bertz CT molecular complexity index is 1760. The lowest BCUT2D eigenvalue weighted by Gasteiger charge is -2.40. The summed E-state index contributed by atoms with van der Waals surface area (Å²) in [5, 5.41) is 8.68. The van der Waals surface area contributed by atoms with Crippen molar-refractivity contribution >= 4 is 45.2 Å². The Labute approximate surface area is 287 Å². The zero-order chi connectivity index (χ0) is 33.9. The molecule has 49 heavy (non-hydrogen) atoms. The number of hydrogen-bond acceptors (Lipinski definition) is 9. The summed E-state index contributed by atoms with van der Waals surface area (Å²) < 4.78 is 5.86. The van der Waals surface area contributed by atoms with Gasteiger partial charge in [-0.1, -0.05) is 31.4 Å². The molecule has 3 amide bonds. The Kier molecular flexibility index (Phi) is 9.79. The van der Waals surface area contributed by atoms with Gasteiger partial charge in [-0.25, -0.2) is 0 Å². The predicted octanol–water partition coefficient (Wildman–Crippen LogP) is 4.03. The topological polar surface area (TPSA) is 150 Å². The molecule has 4 heterocycles. The third kappa shape index (κ3) is 7.41. The van der Waals surface area contributed by atoms with Crippen molar-refractivity contribution in [2.75, 3.05) is 50.7 Å². The first-order chi connectivity index (χ1) is 23.8. The molecule has 1 atom stereocenters. The number of carbonyl (C=O) groups excluding carboxylic acids is 3. The Balaban J connectivity index is 0.897. The average Bonchev–Trinajstić information content (AvgIpc) is 3.55. The van der Waals surface area contributed by atoms with E-state index in [-0.39, 0.29) is 35.4 Å². The number of furan rings is 1. The molecule has 4 aliphatic rings. The summed E-state index contributed by atoms with van der Waals surface area (Å²) in [6.07, 6.45) is 13.7. The summed E-state index contributed by atoms with van der Waals surface area (Å²) in [6.45, 7) is 6.89. The monoisotopic (exact) mass is 667 g/mol. The number of benzene rings is 2. The summed E-state index contributed by atoms with van der Waals surface area (Å²) in [5.74, 6) is 0.250. The number of likely N-dealkylation sites (tertiary alicyclic amines) is 1. The number of amides is 3. The van der Waals surface area contributed by atoms with E-state index in [2.05, 4.69) is 49.6 Å². The SMILES string of the molecule is N/C(=C\C=C(/N)N1CCC(CN2CCN(c3ccc4c(ccc5occ(C6CCC(=O)NC6=O)c54)c3)CC2)CC1)C(=O)NC1CCCCC1. The van der Waals surface area contributed by atoms with Gasteiger partial charge in [0.1, 0.15) is 5.58 Å². The number of carbonyl (C=O) groups is 3. The highest BCUT2D eigenvalue weighted by Crippen LogP contribution is 2.38. The number of nitrogens with zero attached hydrogens (tertiary/aromatic N) is 3.